The summed E-state index contributed by atoms with van der Waals surface area (Å²) in [6.45, 7) is 1.88. The number of carbonyl (C=O) groups is 1. The molecular formula is C19H14Cl2N6OS2. The van der Waals surface area contributed by atoms with E-state index in [9.17, 15) is 4.79 Å². The van der Waals surface area contributed by atoms with Crippen LogP contribution in [0.5, 0.6) is 0 Å². The number of aromatic nitrogens is 5. The van der Waals surface area contributed by atoms with Crippen LogP contribution in [0.2, 0.25) is 10.0 Å². The summed E-state index contributed by atoms with van der Waals surface area (Å²) in [7, 11) is 0. The minimum atomic E-state index is -0.180. The molecule has 0 bridgehead atoms. The molecule has 7 nitrogen and oxygen atoms in total. The Bertz CT molecular complexity index is 1190. The van der Waals surface area contributed by atoms with Gasteiger partial charge in [-0.25, -0.2) is 4.98 Å². The first kappa shape index (κ1) is 20.8. The molecule has 0 saturated carbocycles. The van der Waals surface area contributed by atoms with Crippen LogP contribution in [0, 0.1) is 6.92 Å². The van der Waals surface area contributed by atoms with Crippen molar-refractivity contribution in [3.63, 3.8) is 0 Å². The SMILES string of the molecule is Cc1csc(NC(=O)CSc2nnc(-c3cccnc3)n2-c2ccc(Cl)c(Cl)c2)n1. The van der Waals surface area contributed by atoms with Crippen molar-refractivity contribution in [2.24, 2.45) is 0 Å². The molecule has 0 aliphatic heterocycles. The van der Waals surface area contributed by atoms with Crippen LogP contribution in [0.15, 0.2) is 53.3 Å². The molecule has 0 atom stereocenters. The molecule has 152 valence electrons. The van der Waals surface area contributed by atoms with Gasteiger partial charge in [0.1, 0.15) is 0 Å². The van der Waals surface area contributed by atoms with E-state index in [1.54, 1.807) is 24.5 Å². The Hall–Kier alpha value is -2.46. The third kappa shape index (κ3) is 4.65. The third-order valence-corrected chi connectivity index (χ3v) is 6.46. The van der Waals surface area contributed by atoms with Gasteiger partial charge < -0.3 is 5.32 Å². The van der Waals surface area contributed by atoms with Gasteiger partial charge in [0, 0.05) is 23.3 Å². The Balaban J connectivity index is 1.63. The molecule has 0 aliphatic carbocycles. The number of benzene rings is 1. The standard InChI is InChI=1S/C19H14Cl2N6OS2/c1-11-9-29-18(23-11)24-16(28)10-30-19-26-25-17(12-3-2-6-22-8-12)27(19)13-4-5-14(20)15(21)7-13/h2-9H,10H2,1H3,(H,23,24,28). The summed E-state index contributed by atoms with van der Waals surface area (Å²) in [5.41, 5.74) is 2.38. The Morgan fingerprint density at radius 1 is 1.23 bits per heavy atom. The van der Waals surface area contributed by atoms with E-state index in [2.05, 4.69) is 25.5 Å². The lowest BCUT2D eigenvalue weighted by atomic mass is 10.2. The maximum absolute atomic E-state index is 12.3. The number of halogens is 2. The first-order valence-corrected chi connectivity index (χ1v) is 11.3. The van der Waals surface area contributed by atoms with Crippen LogP contribution in [0.25, 0.3) is 17.1 Å². The summed E-state index contributed by atoms with van der Waals surface area (Å²) in [5.74, 6) is 0.548. The summed E-state index contributed by atoms with van der Waals surface area (Å²) in [6.07, 6.45) is 3.38. The summed E-state index contributed by atoms with van der Waals surface area (Å²) in [4.78, 5) is 20.7. The number of anilines is 1. The maximum atomic E-state index is 12.3. The van der Waals surface area contributed by atoms with Crippen molar-refractivity contribution in [1.29, 1.82) is 0 Å². The molecule has 1 N–H and O–H groups in total. The molecule has 0 radical (unpaired) electrons. The van der Waals surface area contributed by atoms with Gasteiger partial charge in [-0.2, -0.15) is 0 Å². The van der Waals surface area contributed by atoms with Gasteiger partial charge in [0.05, 0.1) is 27.2 Å². The fraction of sp³-hybridized carbons (Fsp3) is 0.105. The van der Waals surface area contributed by atoms with Gasteiger partial charge >= 0.3 is 0 Å². The molecule has 1 aromatic carbocycles. The van der Waals surface area contributed by atoms with Crippen LogP contribution >= 0.6 is 46.3 Å². The highest BCUT2D eigenvalue weighted by Gasteiger charge is 2.18. The minimum absolute atomic E-state index is 0.144. The van der Waals surface area contributed by atoms with E-state index in [0.717, 1.165) is 16.9 Å². The average molecular weight is 477 g/mol. The molecule has 0 fully saturated rings. The van der Waals surface area contributed by atoms with Crippen LogP contribution in [0.4, 0.5) is 5.13 Å². The second-order valence-corrected chi connectivity index (χ2v) is 8.73. The second-order valence-electron chi connectivity index (χ2n) is 6.11. The molecule has 4 aromatic rings. The number of nitrogens with zero attached hydrogens (tertiary/aromatic N) is 5. The Morgan fingerprint density at radius 2 is 2.10 bits per heavy atom. The number of thiazole rings is 1. The van der Waals surface area contributed by atoms with E-state index >= 15 is 0 Å². The van der Waals surface area contributed by atoms with Gasteiger partial charge in [0.15, 0.2) is 16.1 Å². The highest BCUT2D eigenvalue weighted by Crippen LogP contribution is 2.31. The summed E-state index contributed by atoms with van der Waals surface area (Å²) >= 11 is 14.9. The molecule has 30 heavy (non-hydrogen) atoms. The Morgan fingerprint density at radius 3 is 2.80 bits per heavy atom. The van der Waals surface area contributed by atoms with E-state index < -0.39 is 0 Å². The van der Waals surface area contributed by atoms with Gasteiger partial charge in [0.25, 0.3) is 0 Å². The van der Waals surface area contributed by atoms with Crippen LogP contribution in [-0.4, -0.2) is 36.4 Å². The summed E-state index contributed by atoms with van der Waals surface area (Å²) < 4.78 is 1.82. The second kappa shape index (κ2) is 9.13. The van der Waals surface area contributed by atoms with Gasteiger partial charge in [-0.3, -0.25) is 14.3 Å². The van der Waals surface area contributed by atoms with Crippen LogP contribution < -0.4 is 5.32 Å². The fourth-order valence-corrected chi connectivity index (χ4v) is 4.35. The number of aryl methyl sites for hydroxylation is 1. The van der Waals surface area contributed by atoms with Crippen molar-refractivity contribution < 1.29 is 4.79 Å². The van der Waals surface area contributed by atoms with Crippen molar-refractivity contribution in [3.8, 4) is 17.1 Å². The predicted molar refractivity (Wildman–Crippen MR) is 121 cm³/mol. The van der Waals surface area contributed by atoms with Crippen LogP contribution in [0.3, 0.4) is 0 Å². The van der Waals surface area contributed by atoms with Crippen molar-refractivity contribution in [3.05, 3.63) is 63.8 Å². The number of amides is 1. The molecule has 3 aromatic heterocycles. The van der Waals surface area contributed by atoms with Crippen molar-refractivity contribution in [2.45, 2.75) is 12.1 Å². The number of pyridine rings is 1. The van der Waals surface area contributed by atoms with Gasteiger partial charge in [0.2, 0.25) is 5.91 Å². The lowest BCUT2D eigenvalue weighted by molar-refractivity contribution is -0.113. The van der Waals surface area contributed by atoms with Gasteiger partial charge in [-0.1, -0.05) is 35.0 Å². The predicted octanol–water partition coefficient (Wildman–Crippen LogP) is 5.13. The minimum Gasteiger partial charge on any atom is -0.301 e. The van der Waals surface area contributed by atoms with Crippen molar-refractivity contribution >= 4 is 57.3 Å². The van der Waals surface area contributed by atoms with E-state index in [1.165, 1.54) is 23.1 Å². The quantitative estimate of drug-likeness (QED) is 0.388. The lowest BCUT2D eigenvalue weighted by Gasteiger charge is -2.11. The highest BCUT2D eigenvalue weighted by atomic mass is 35.5. The fourth-order valence-electron chi connectivity index (χ4n) is 2.60. The molecule has 0 saturated heterocycles. The molecule has 1 amide bonds. The molecule has 11 heteroatoms. The largest absolute Gasteiger partial charge is 0.301 e. The van der Waals surface area contributed by atoms with Crippen LogP contribution in [0.1, 0.15) is 5.69 Å². The number of hydrogen-bond acceptors (Lipinski definition) is 7. The number of thioether (sulfide) groups is 1. The molecule has 0 unspecified atom stereocenters. The van der Waals surface area contributed by atoms with Crippen molar-refractivity contribution in [2.75, 3.05) is 11.1 Å². The average Bonchev–Trinajstić information content (AvgIpc) is 3.35. The zero-order chi connectivity index (χ0) is 21.1. The first-order valence-electron chi connectivity index (χ1n) is 8.67. The molecular weight excluding hydrogens is 463 g/mol. The monoisotopic (exact) mass is 476 g/mol. The normalized spacial score (nSPS) is 10.9. The van der Waals surface area contributed by atoms with Gasteiger partial charge in [-0.05, 0) is 37.3 Å². The molecule has 4 rings (SSSR count). The van der Waals surface area contributed by atoms with Crippen molar-refractivity contribution in [1.82, 2.24) is 24.7 Å². The zero-order valence-electron chi connectivity index (χ0n) is 15.5. The maximum Gasteiger partial charge on any atom is 0.236 e. The number of hydrogen-bond donors (Lipinski definition) is 1. The third-order valence-electron chi connectivity index (χ3n) is 3.91. The topological polar surface area (TPSA) is 85.6 Å². The molecule has 0 spiro atoms. The first-order chi connectivity index (χ1) is 14.5. The Labute approximate surface area is 190 Å². The van der Waals surface area contributed by atoms with E-state index in [-0.39, 0.29) is 11.7 Å². The summed E-state index contributed by atoms with van der Waals surface area (Å²) in [5, 5.41) is 15.2. The number of carbonyl (C=O) groups excluding carboxylic acids is 1. The Kier molecular flexibility index (Phi) is 6.33. The van der Waals surface area contributed by atoms with Gasteiger partial charge in [-0.15, -0.1) is 21.5 Å². The van der Waals surface area contributed by atoms with E-state index in [1.807, 2.05) is 35.1 Å². The summed E-state index contributed by atoms with van der Waals surface area (Å²) in [6, 6.07) is 8.96. The van der Waals surface area contributed by atoms with Crippen LogP contribution in [-0.2, 0) is 4.79 Å². The molecule has 3 heterocycles. The van der Waals surface area contributed by atoms with E-state index in [4.69, 9.17) is 23.2 Å². The highest BCUT2D eigenvalue weighted by molar-refractivity contribution is 7.99. The van der Waals surface area contributed by atoms with E-state index in [0.29, 0.717) is 26.2 Å². The molecule has 0 aliphatic rings. The number of rotatable bonds is 6. The smallest absolute Gasteiger partial charge is 0.236 e. The number of nitrogens with one attached hydrogen (secondary N) is 1. The zero-order valence-corrected chi connectivity index (χ0v) is 18.7. The lowest BCUT2D eigenvalue weighted by Crippen LogP contribution is -2.14.